The van der Waals surface area contributed by atoms with E-state index in [4.69, 9.17) is 21.8 Å². The van der Waals surface area contributed by atoms with E-state index in [1.54, 1.807) is 42.6 Å². The molecule has 0 fully saturated rings. The summed E-state index contributed by atoms with van der Waals surface area (Å²) in [6.07, 6.45) is 5.57. The number of carboxylic acids is 2. The summed E-state index contributed by atoms with van der Waals surface area (Å²) in [5, 5.41) is 23.3. The Morgan fingerprint density at radius 2 is 1.55 bits per heavy atom. The molecule has 13 nitrogen and oxygen atoms in total. The maximum absolute atomic E-state index is 13.6. The second kappa shape index (κ2) is 13.4. The highest BCUT2D eigenvalue weighted by Gasteiger charge is 2.17. The van der Waals surface area contributed by atoms with Crippen molar-refractivity contribution in [1.82, 2.24) is 31.3 Å². The number of aromatic nitrogens is 5. The number of hydrogen-bond donors (Lipinski definition) is 5. The SMILES string of the molecule is N.O=C(O)/C=C\C(=O)O.O=S(=O)(Nc1cc(-c2cnc3n[nH]c(-c4ccnc(F)c4)c3c2)cnc1Cl)c1ccccc1. The monoisotopic (exact) mass is 613 g/mol. The molecule has 16 heteroatoms. The topological polar surface area (TPSA) is 223 Å². The number of aliphatic carboxylic acids is 2. The van der Waals surface area contributed by atoms with Gasteiger partial charge in [-0.05, 0) is 30.3 Å². The second-order valence-corrected chi connectivity index (χ2v) is 10.1. The normalized spacial score (nSPS) is 10.9. The number of nitrogens with one attached hydrogen (secondary N) is 2. The molecule has 7 N–H and O–H groups in total. The number of pyridine rings is 3. The molecule has 0 aliphatic heterocycles. The minimum atomic E-state index is -3.85. The lowest BCUT2D eigenvalue weighted by molar-refractivity contribution is -0.134. The highest BCUT2D eigenvalue weighted by atomic mass is 35.5. The fraction of sp³-hybridized carbons (Fsp3) is 0. The summed E-state index contributed by atoms with van der Waals surface area (Å²) >= 11 is 6.16. The van der Waals surface area contributed by atoms with Crippen molar-refractivity contribution in [2.45, 2.75) is 4.90 Å². The molecule has 0 bridgehead atoms. The minimum absolute atomic E-state index is 0. The van der Waals surface area contributed by atoms with Crippen LogP contribution >= 0.6 is 11.6 Å². The zero-order valence-electron chi connectivity index (χ0n) is 21.3. The van der Waals surface area contributed by atoms with E-state index < -0.39 is 27.9 Å². The summed E-state index contributed by atoms with van der Waals surface area (Å²) < 4.78 is 41.5. The van der Waals surface area contributed by atoms with E-state index in [0.29, 0.717) is 45.6 Å². The van der Waals surface area contributed by atoms with Crippen molar-refractivity contribution in [3.8, 4) is 22.4 Å². The molecule has 5 rings (SSSR count). The highest BCUT2D eigenvalue weighted by molar-refractivity contribution is 7.92. The molecule has 0 saturated carbocycles. The van der Waals surface area contributed by atoms with Crippen molar-refractivity contribution < 1.29 is 32.6 Å². The summed E-state index contributed by atoms with van der Waals surface area (Å²) in [6.45, 7) is 0. The Bertz CT molecular complexity index is 1870. The number of hydrogen-bond acceptors (Lipinski definition) is 9. The quantitative estimate of drug-likeness (QED) is 0.126. The average molecular weight is 614 g/mol. The van der Waals surface area contributed by atoms with Crippen LogP contribution in [0.5, 0.6) is 0 Å². The minimum Gasteiger partial charge on any atom is -0.478 e. The van der Waals surface area contributed by atoms with Gasteiger partial charge < -0.3 is 16.4 Å². The number of fused-ring (bicyclic) bond motifs is 1. The first-order valence-electron chi connectivity index (χ1n) is 11.4. The van der Waals surface area contributed by atoms with E-state index in [1.165, 1.54) is 30.6 Å². The van der Waals surface area contributed by atoms with Gasteiger partial charge in [0.1, 0.15) is 0 Å². The largest absolute Gasteiger partial charge is 0.478 e. The second-order valence-electron chi connectivity index (χ2n) is 8.05. The first-order valence-corrected chi connectivity index (χ1v) is 13.2. The maximum Gasteiger partial charge on any atom is 0.328 e. The molecule has 216 valence electrons. The van der Waals surface area contributed by atoms with Crippen LogP contribution in [0.4, 0.5) is 10.1 Å². The van der Waals surface area contributed by atoms with Crippen molar-refractivity contribution in [1.29, 1.82) is 0 Å². The van der Waals surface area contributed by atoms with Crippen LogP contribution in [0.25, 0.3) is 33.4 Å². The fourth-order valence-corrected chi connectivity index (χ4v) is 4.74. The molecule has 5 aromatic rings. The van der Waals surface area contributed by atoms with Gasteiger partial charge in [0, 0.05) is 58.9 Å². The van der Waals surface area contributed by atoms with Crippen LogP contribution in [0, 0.1) is 5.95 Å². The van der Waals surface area contributed by atoms with E-state index >= 15 is 0 Å². The summed E-state index contributed by atoms with van der Waals surface area (Å²) in [4.78, 5) is 31.2. The Kier molecular flexibility index (Phi) is 9.98. The lowest BCUT2D eigenvalue weighted by Crippen LogP contribution is -2.13. The van der Waals surface area contributed by atoms with Gasteiger partial charge >= 0.3 is 11.9 Å². The zero-order valence-corrected chi connectivity index (χ0v) is 22.8. The van der Waals surface area contributed by atoms with Crippen molar-refractivity contribution in [2.24, 2.45) is 0 Å². The first-order chi connectivity index (χ1) is 19.5. The average Bonchev–Trinajstić information content (AvgIpc) is 3.37. The molecule has 4 heterocycles. The summed E-state index contributed by atoms with van der Waals surface area (Å²) in [5.74, 6) is -3.13. The third-order valence-electron chi connectivity index (χ3n) is 5.26. The third kappa shape index (κ3) is 7.69. The standard InChI is InChI=1S/C22H14ClFN6O2S.C4H4O4.H3N/c23-21-18(30-33(31,32)16-4-2-1-3-5-16)9-15(11-26-21)14-8-17-20(28-29-22(17)27-12-14)13-6-7-25-19(24)10-13;5-3(6)1-2-4(7)8;/h1-12,30H,(H,27,28,29);1-2H,(H,5,6)(H,7,8);1H3/b;2-1-;. The van der Waals surface area contributed by atoms with Crippen LogP contribution in [-0.2, 0) is 19.6 Å². The van der Waals surface area contributed by atoms with Crippen LogP contribution in [-0.4, -0.2) is 55.7 Å². The molecule has 0 radical (unpaired) electrons. The van der Waals surface area contributed by atoms with Gasteiger partial charge in [0.25, 0.3) is 10.0 Å². The lowest BCUT2D eigenvalue weighted by atomic mass is 10.1. The van der Waals surface area contributed by atoms with Crippen molar-refractivity contribution in [3.05, 3.63) is 96.4 Å². The molecule has 0 aliphatic carbocycles. The number of rotatable bonds is 7. The maximum atomic E-state index is 13.6. The first kappa shape index (κ1) is 31.3. The molecule has 0 saturated heterocycles. The highest BCUT2D eigenvalue weighted by Crippen LogP contribution is 2.32. The number of carbonyl (C=O) groups is 2. The number of carboxylic acid groups (broad SMARTS) is 2. The Labute approximate surface area is 242 Å². The predicted octanol–water partition coefficient (Wildman–Crippen LogP) is 4.55. The van der Waals surface area contributed by atoms with Crippen LogP contribution in [0.1, 0.15) is 0 Å². The van der Waals surface area contributed by atoms with E-state index in [9.17, 15) is 22.4 Å². The number of halogens is 2. The van der Waals surface area contributed by atoms with Gasteiger partial charge in [-0.2, -0.15) is 9.49 Å². The predicted molar refractivity (Wildman–Crippen MR) is 152 cm³/mol. The van der Waals surface area contributed by atoms with Gasteiger partial charge in [0.2, 0.25) is 5.95 Å². The molecule has 0 unspecified atom stereocenters. The van der Waals surface area contributed by atoms with Gasteiger partial charge in [-0.15, -0.1) is 0 Å². The lowest BCUT2D eigenvalue weighted by Gasteiger charge is -2.11. The number of benzene rings is 1. The molecule has 0 aliphatic rings. The Balaban J connectivity index is 0.000000475. The number of nitrogens with zero attached hydrogens (tertiary/aromatic N) is 4. The van der Waals surface area contributed by atoms with Crippen LogP contribution in [0.15, 0.2) is 90.2 Å². The van der Waals surface area contributed by atoms with Gasteiger partial charge in [-0.25, -0.2) is 33.0 Å². The molecule has 0 amide bonds. The third-order valence-corrected chi connectivity index (χ3v) is 6.95. The Morgan fingerprint density at radius 1 is 0.905 bits per heavy atom. The summed E-state index contributed by atoms with van der Waals surface area (Å²) in [7, 11) is -3.85. The Morgan fingerprint density at radius 3 is 2.19 bits per heavy atom. The van der Waals surface area contributed by atoms with Gasteiger partial charge in [-0.1, -0.05) is 29.8 Å². The van der Waals surface area contributed by atoms with Crippen molar-refractivity contribution in [3.63, 3.8) is 0 Å². The smallest absolute Gasteiger partial charge is 0.328 e. The number of anilines is 1. The Hall–Kier alpha value is -5.25. The van der Waals surface area contributed by atoms with E-state index in [1.807, 2.05) is 0 Å². The molecule has 4 aromatic heterocycles. The van der Waals surface area contributed by atoms with Gasteiger partial charge in [0.15, 0.2) is 10.8 Å². The van der Waals surface area contributed by atoms with Crippen LogP contribution in [0.3, 0.4) is 0 Å². The van der Waals surface area contributed by atoms with Crippen LogP contribution < -0.4 is 10.9 Å². The summed E-state index contributed by atoms with van der Waals surface area (Å²) in [5.41, 5.74) is 2.93. The fourth-order valence-electron chi connectivity index (χ4n) is 3.46. The van der Waals surface area contributed by atoms with Gasteiger partial charge in [-0.3, -0.25) is 9.82 Å². The molecular weight excluding hydrogens is 593 g/mol. The van der Waals surface area contributed by atoms with Crippen molar-refractivity contribution >= 4 is 50.3 Å². The zero-order chi connectivity index (χ0) is 29.6. The van der Waals surface area contributed by atoms with E-state index in [2.05, 4.69) is 29.9 Å². The van der Waals surface area contributed by atoms with E-state index in [-0.39, 0.29) is 21.9 Å². The number of H-pyrrole nitrogens is 1. The van der Waals surface area contributed by atoms with Crippen molar-refractivity contribution in [2.75, 3.05) is 4.72 Å². The van der Waals surface area contributed by atoms with E-state index in [0.717, 1.165) is 0 Å². The summed E-state index contributed by atoms with van der Waals surface area (Å²) in [6, 6.07) is 14.3. The molecule has 0 atom stereocenters. The number of sulfonamides is 1. The molecular formula is C26H21ClFN7O6S. The molecule has 0 spiro atoms. The molecule has 1 aromatic carbocycles. The van der Waals surface area contributed by atoms with Gasteiger partial charge in [0.05, 0.1) is 16.3 Å². The molecule has 42 heavy (non-hydrogen) atoms. The van der Waals surface area contributed by atoms with Crippen LogP contribution in [0.2, 0.25) is 5.15 Å². The number of aromatic amines is 1.